The monoisotopic (exact) mass is 407 g/mol. The third-order valence-electron chi connectivity index (χ3n) is 4.91. The molecule has 1 aromatic carbocycles. The van der Waals surface area contributed by atoms with Crippen molar-refractivity contribution >= 4 is 18.3 Å². The van der Waals surface area contributed by atoms with E-state index in [4.69, 9.17) is 4.74 Å². The molecule has 1 saturated heterocycles. The zero-order valence-corrected chi connectivity index (χ0v) is 17.4. The fraction of sp³-hybridized carbons (Fsp3) is 0.500. The Morgan fingerprint density at radius 3 is 2.86 bits per heavy atom. The fourth-order valence-electron chi connectivity index (χ4n) is 3.41. The van der Waals surface area contributed by atoms with Gasteiger partial charge in [-0.05, 0) is 18.1 Å². The number of imidazole rings is 1. The first-order valence-corrected chi connectivity index (χ1v) is 9.52. The number of aromatic nitrogens is 2. The van der Waals surface area contributed by atoms with Crippen LogP contribution < -0.4 is 10.6 Å². The van der Waals surface area contributed by atoms with E-state index < -0.39 is 0 Å². The van der Waals surface area contributed by atoms with Gasteiger partial charge < -0.3 is 19.9 Å². The van der Waals surface area contributed by atoms with Gasteiger partial charge in [-0.2, -0.15) is 0 Å². The van der Waals surface area contributed by atoms with Gasteiger partial charge in [-0.15, -0.1) is 12.4 Å². The molecule has 28 heavy (non-hydrogen) atoms. The zero-order valence-electron chi connectivity index (χ0n) is 16.6. The highest BCUT2D eigenvalue weighted by molar-refractivity contribution is 5.85. The quantitative estimate of drug-likeness (QED) is 0.696. The molecule has 2 heterocycles. The minimum Gasteiger partial charge on any atom is -0.377 e. The molecule has 0 aliphatic carbocycles. The second kappa shape index (κ2) is 11.2. The van der Waals surface area contributed by atoms with Crippen LogP contribution in [0.25, 0.3) is 0 Å². The van der Waals surface area contributed by atoms with E-state index in [2.05, 4.69) is 20.5 Å². The number of halogens is 1. The summed E-state index contributed by atoms with van der Waals surface area (Å²) in [6, 6.07) is 8.18. The third kappa shape index (κ3) is 5.78. The minimum atomic E-state index is 0. The van der Waals surface area contributed by atoms with E-state index in [-0.39, 0.29) is 24.4 Å². The topological polar surface area (TPSA) is 71.4 Å². The summed E-state index contributed by atoms with van der Waals surface area (Å²) in [6.07, 6.45) is 3.75. The molecule has 1 atom stereocenters. The molecule has 2 N–H and O–H groups in total. The molecule has 0 saturated carbocycles. The molecule has 2 aromatic rings. The molecular formula is C20H30ClN5O2. The van der Waals surface area contributed by atoms with Crippen molar-refractivity contribution in [3.05, 3.63) is 53.6 Å². The summed E-state index contributed by atoms with van der Waals surface area (Å²) in [6.45, 7) is 6.62. The van der Waals surface area contributed by atoms with Crippen LogP contribution in [0.5, 0.6) is 0 Å². The number of amides is 1. The molecule has 1 unspecified atom stereocenters. The lowest BCUT2D eigenvalue weighted by Crippen LogP contribution is -2.50. The first-order chi connectivity index (χ1) is 13.2. The minimum absolute atomic E-state index is 0. The highest BCUT2D eigenvalue weighted by atomic mass is 35.5. The SMILES string of the molecule is CCOCc1ccccc1CNC(=O)CN1CCNCC1c1nccn1C.Cl. The number of hydrogen-bond acceptors (Lipinski definition) is 5. The molecule has 1 aromatic heterocycles. The Morgan fingerprint density at radius 1 is 1.36 bits per heavy atom. The molecule has 0 spiro atoms. The number of nitrogens with one attached hydrogen (secondary N) is 2. The Balaban J connectivity index is 0.00000280. The van der Waals surface area contributed by atoms with Crippen molar-refractivity contribution in [3.8, 4) is 0 Å². The highest BCUT2D eigenvalue weighted by Crippen LogP contribution is 2.19. The van der Waals surface area contributed by atoms with Crippen LogP contribution in [0.4, 0.5) is 0 Å². The molecule has 0 radical (unpaired) electrons. The van der Waals surface area contributed by atoms with Gasteiger partial charge in [-0.3, -0.25) is 9.69 Å². The predicted octanol–water partition coefficient (Wildman–Crippen LogP) is 1.64. The Bertz CT molecular complexity index is 752. The van der Waals surface area contributed by atoms with E-state index in [1.165, 1.54) is 0 Å². The molecule has 154 valence electrons. The van der Waals surface area contributed by atoms with Gasteiger partial charge in [0, 0.05) is 52.2 Å². The van der Waals surface area contributed by atoms with E-state index in [0.717, 1.165) is 36.6 Å². The van der Waals surface area contributed by atoms with Crippen LogP contribution >= 0.6 is 12.4 Å². The number of nitrogens with zero attached hydrogens (tertiary/aromatic N) is 3. The number of benzene rings is 1. The summed E-state index contributed by atoms with van der Waals surface area (Å²) in [5.74, 6) is 1.01. The standard InChI is InChI=1S/C20H29N5O2.ClH/c1-3-27-15-17-7-5-4-6-16(17)12-23-19(26)14-25-11-8-21-13-18(25)20-22-9-10-24(20)2;/h4-7,9-10,18,21H,3,8,11-15H2,1-2H3,(H,23,26);1H. The van der Waals surface area contributed by atoms with Crippen molar-refractivity contribution in [1.29, 1.82) is 0 Å². The lowest BCUT2D eigenvalue weighted by atomic mass is 10.1. The fourth-order valence-corrected chi connectivity index (χ4v) is 3.41. The Kier molecular flexibility index (Phi) is 8.92. The molecule has 8 heteroatoms. The van der Waals surface area contributed by atoms with Crippen molar-refractivity contribution in [2.24, 2.45) is 7.05 Å². The van der Waals surface area contributed by atoms with E-state index in [0.29, 0.717) is 26.3 Å². The maximum Gasteiger partial charge on any atom is 0.234 e. The van der Waals surface area contributed by atoms with Crippen LogP contribution in [0.3, 0.4) is 0 Å². The smallest absolute Gasteiger partial charge is 0.234 e. The largest absolute Gasteiger partial charge is 0.377 e. The van der Waals surface area contributed by atoms with Gasteiger partial charge >= 0.3 is 0 Å². The number of ether oxygens (including phenoxy) is 1. The maximum atomic E-state index is 12.6. The zero-order chi connectivity index (χ0) is 19.1. The normalized spacial score (nSPS) is 17.1. The summed E-state index contributed by atoms with van der Waals surface area (Å²) >= 11 is 0. The van der Waals surface area contributed by atoms with E-state index in [1.54, 1.807) is 6.20 Å². The van der Waals surface area contributed by atoms with Gasteiger partial charge in [0.1, 0.15) is 5.82 Å². The molecule has 3 rings (SSSR count). The van der Waals surface area contributed by atoms with Gasteiger partial charge in [0.15, 0.2) is 0 Å². The molecular weight excluding hydrogens is 378 g/mol. The van der Waals surface area contributed by atoms with E-state index >= 15 is 0 Å². The number of carbonyl (C=O) groups is 1. The van der Waals surface area contributed by atoms with Crippen molar-refractivity contribution < 1.29 is 9.53 Å². The second-order valence-electron chi connectivity index (χ2n) is 6.77. The van der Waals surface area contributed by atoms with Crippen LogP contribution in [-0.4, -0.2) is 53.1 Å². The Labute approximate surface area is 172 Å². The number of hydrogen-bond donors (Lipinski definition) is 2. The lowest BCUT2D eigenvalue weighted by Gasteiger charge is -2.35. The predicted molar refractivity (Wildman–Crippen MR) is 111 cm³/mol. The second-order valence-corrected chi connectivity index (χ2v) is 6.77. The highest BCUT2D eigenvalue weighted by Gasteiger charge is 2.28. The molecule has 1 fully saturated rings. The van der Waals surface area contributed by atoms with Gasteiger partial charge in [-0.25, -0.2) is 4.98 Å². The van der Waals surface area contributed by atoms with Crippen LogP contribution in [0.15, 0.2) is 36.7 Å². The Morgan fingerprint density at radius 2 is 2.14 bits per heavy atom. The number of carbonyl (C=O) groups excluding carboxylic acids is 1. The molecule has 7 nitrogen and oxygen atoms in total. The van der Waals surface area contributed by atoms with Crippen LogP contribution in [0.2, 0.25) is 0 Å². The van der Waals surface area contributed by atoms with Gasteiger partial charge in [-0.1, -0.05) is 24.3 Å². The molecule has 1 aliphatic rings. The first kappa shape index (κ1) is 22.4. The molecule has 0 bridgehead atoms. The van der Waals surface area contributed by atoms with Crippen molar-refractivity contribution in [1.82, 2.24) is 25.1 Å². The average Bonchev–Trinajstić information content (AvgIpc) is 3.11. The van der Waals surface area contributed by atoms with Crippen LogP contribution in [0.1, 0.15) is 29.9 Å². The number of rotatable bonds is 8. The number of aryl methyl sites for hydroxylation is 1. The summed E-state index contributed by atoms with van der Waals surface area (Å²) in [5.41, 5.74) is 2.22. The van der Waals surface area contributed by atoms with E-state index in [9.17, 15) is 4.79 Å². The van der Waals surface area contributed by atoms with Crippen molar-refractivity contribution in [2.45, 2.75) is 26.1 Å². The van der Waals surface area contributed by atoms with Gasteiger partial charge in [0.25, 0.3) is 0 Å². The maximum absolute atomic E-state index is 12.6. The Hall–Kier alpha value is -1.93. The average molecular weight is 408 g/mol. The third-order valence-corrected chi connectivity index (χ3v) is 4.91. The first-order valence-electron chi connectivity index (χ1n) is 9.52. The summed E-state index contributed by atoms with van der Waals surface area (Å²) in [7, 11) is 1.99. The van der Waals surface area contributed by atoms with Gasteiger partial charge in [0.05, 0.1) is 19.2 Å². The molecule has 1 amide bonds. The summed E-state index contributed by atoms with van der Waals surface area (Å²) in [5, 5.41) is 6.46. The van der Waals surface area contributed by atoms with Crippen LogP contribution in [0, 0.1) is 0 Å². The van der Waals surface area contributed by atoms with Crippen LogP contribution in [-0.2, 0) is 29.7 Å². The van der Waals surface area contributed by atoms with Crippen molar-refractivity contribution in [3.63, 3.8) is 0 Å². The van der Waals surface area contributed by atoms with Gasteiger partial charge in [0.2, 0.25) is 5.91 Å². The lowest BCUT2D eigenvalue weighted by molar-refractivity contribution is -0.123. The number of piperazine rings is 1. The van der Waals surface area contributed by atoms with Crippen molar-refractivity contribution in [2.75, 3.05) is 32.8 Å². The van der Waals surface area contributed by atoms with E-state index in [1.807, 2.05) is 49.0 Å². The summed E-state index contributed by atoms with van der Waals surface area (Å²) in [4.78, 5) is 19.2. The summed E-state index contributed by atoms with van der Waals surface area (Å²) < 4.78 is 7.54. The molecule has 1 aliphatic heterocycles.